The van der Waals surface area contributed by atoms with E-state index in [-0.39, 0.29) is 0 Å². The van der Waals surface area contributed by atoms with Crippen LogP contribution in [-0.2, 0) is 5.91 Å². The lowest BCUT2D eigenvalue weighted by molar-refractivity contribution is -0.791. The second kappa shape index (κ2) is 6.18. The molecule has 6 aliphatic heterocycles. The van der Waals surface area contributed by atoms with Crippen molar-refractivity contribution in [3.8, 4) is 0 Å². The number of nitrogens with zero attached hydrogens (tertiary/aromatic N) is 8. The molecule has 0 N–H and O–H groups in total. The average molecular weight is 527 g/mol. The van der Waals surface area contributed by atoms with Gasteiger partial charge < -0.3 is 0 Å². The van der Waals surface area contributed by atoms with Gasteiger partial charge in [-0.2, -0.15) is 0 Å². The third-order valence-electron chi connectivity index (χ3n) is 9.15. The van der Waals surface area contributed by atoms with Gasteiger partial charge in [-0.1, -0.05) is 82.8 Å². The van der Waals surface area contributed by atoms with Crippen LogP contribution in [-0.4, -0.2) is 41.6 Å². The molecule has 1 spiro atoms. The van der Waals surface area contributed by atoms with Crippen molar-refractivity contribution in [3.63, 3.8) is 0 Å². The van der Waals surface area contributed by atoms with E-state index in [1.165, 1.54) is 0 Å². The highest BCUT2D eigenvalue weighted by atomic mass is 15.7. The minimum atomic E-state index is -0.978. The molecule has 0 unspecified atom stereocenters. The highest BCUT2D eigenvalue weighted by Gasteiger charge is 2.69. The Morgan fingerprint density at radius 1 is 0.561 bits per heavy atom. The Bertz CT molecular complexity index is 2510. The normalized spacial score (nSPS) is 20.5. The van der Waals surface area contributed by atoms with E-state index >= 15 is 0 Å². The van der Waals surface area contributed by atoms with Crippen LogP contribution in [0.15, 0.2) is 106 Å². The summed E-state index contributed by atoms with van der Waals surface area (Å²) in [5.41, 5.74) is 7.76. The molecule has 11 rings (SSSR count). The van der Waals surface area contributed by atoms with Crippen LogP contribution >= 0.6 is 0 Å². The maximum atomic E-state index is 5.39. The molecule has 2 aromatic heterocycles. The molecule has 6 aliphatic rings. The molecule has 0 fully saturated rings. The van der Waals surface area contributed by atoms with Gasteiger partial charge in [0.1, 0.15) is 0 Å². The van der Waals surface area contributed by atoms with Gasteiger partial charge in [-0.25, -0.2) is 14.1 Å². The van der Waals surface area contributed by atoms with E-state index in [1.54, 1.807) is 0 Å². The molecule has 8 heteroatoms. The van der Waals surface area contributed by atoms with Gasteiger partial charge in [0.15, 0.2) is 11.3 Å². The van der Waals surface area contributed by atoms with E-state index in [9.17, 15) is 0 Å². The van der Waals surface area contributed by atoms with Crippen LogP contribution in [0.2, 0.25) is 0 Å². The van der Waals surface area contributed by atoms with Crippen molar-refractivity contribution in [2.24, 2.45) is 20.0 Å². The number of rotatable bonds is 2. The Morgan fingerprint density at radius 2 is 1.05 bits per heavy atom. The predicted octanol–water partition coefficient (Wildman–Crippen LogP) is 3.84. The molecular weight excluding hydrogens is 508 g/mol. The van der Waals surface area contributed by atoms with Crippen LogP contribution in [0.5, 0.6) is 0 Å². The fourth-order valence-electron chi connectivity index (χ4n) is 7.65. The Kier molecular flexibility index (Phi) is 3.04. The summed E-state index contributed by atoms with van der Waals surface area (Å²) in [5, 5.41) is 2.10. The summed E-state index contributed by atoms with van der Waals surface area (Å²) in [6, 6.07) is 25.2. The number of hydrogen-bond acceptors (Lipinski definition) is 4. The van der Waals surface area contributed by atoms with Crippen molar-refractivity contribution in [2.45, 2.75) is 5.91 Å². The van der Waals surface area contributed by atoms with E-state index < -0.39 is 5.91 Å². The van der Waals surface area contributed by atoms with Gasteiger partial charge in [-0.15, -0.1) is 9.15 Å². The van der Waals surface area contributed by atoms with E-state index in [0.29, 0.717) is 0 Å². The summed E-state index contributed by atoms with van der Waals surface area (Å²) in [5.74, 6) is 4.06. The van der Waals surface area contributed by atoms with E-state index in [2.05, 4.69) is 104 Å². The smallest absolute Gasteiger partial charge is 0.211 e. The summed E-state index contributed by atoms with van der Waals surface area (Å²) in [7, 11) is 0. The first-order chi connectivity index (χ1) is 20.3. The van der Waals surface area contributed by atoms with E-state index in [0.717, 1.165) is 90.1 Å². The van der Waals surface area contributed by atoms with Crippen molar-refractivity contribution < 1.29 is 9.15 Å². The van der Waals surface area contributed by atoms with Crippen molar-refractivity contribution >= 4 is 57.9 Å². The zero-order valence-corrected chi connectivity index (χ0v) is 21.6. The van der Waals surface area contributed by atoms with Gasteiger partial charge in [0.05, 0.1) is 22.3 Å². The monoisotopic (exact) mass is 526 g/mol. The van der Waals surface area contributed by atoms with Gasteiger partial charge in [-0.05, 0) is 30.3 Å². The third-order valence-corrected chi connectivity index (χ3v) is 9.15. The number of amidine groups is 4. The van der Waals surface area contributed by atoms with Crippen molar-refractivity contribution in [1.82, 2.24) is 9.13 Å². The topological polar surface area (TPSA) is 65.3 Å². The quantitative estimate of drug-likeness (QED) is 0.314. The Morgan fingerprint density at radius 3 is 1.66 bits per heavy atom. The average Bonchev–Trinajstić information content (AvgIpc) is 3.73. The standard InChI is InChI=1S/C33H18N8/c1-3-17-18(4-2)26-35-28-20-12-6-8-14-22(20)30-37-32-24-16-10-9-15-23(24)31-36-29-21-13-7-5-11-19(21)27-34-25(17)38(26)33(39(27)29,40(28)30)41(31)32/h3-16H,1-2H2/q+2. The fraction of sp³-hybridized carbons (Fsp3) is 0.0303. The zero-order valence-electron chi connectivity index (χ0n) is 21.6. The Balaban J connectivity index is 1.50. The number of aliphatic imine (C=N–C) groups is 2. The molecule has 188 valence electrons. The van der Waals surface area contributed by atoms with E-state index in [4.69, 9.17) is 20.0 Å². The predicted molar refractivity (Wildman–Crippen MR) is 156 cm³/mol. The molecule has 8 nitrogen and oxygen atoms in total. The van der Waals surface area contributed by atoms with Crippen LogP contribution in [0.3, 0.4) is 0 Å². The summed E-state index contributed by atoms with van der Waals surface area (Å²) in [6.07, 6.45) is 3.75. The maximum absolute atomic E-state index is 5.39. The lowest BCUT2D eigenvalue weighted by Gasteiger charge is -2.41. The number of benzene rings is 3. The molecular formula is C33H18N8+2. The summed E-state index contributed by atoms with van der Waals surface area (Å²) >= 11 is 0. The summed E-state index contributed by atoms with van der Waals surface area (Å²) in [4.78, 5) is 21.5. The van der Waals surface area contributed by atoms with Crippen LogP contribution in [0.25, 0.3) is 22.9 Å². The number of aromatic nitrogens is 2. The van der Waals surface area contributed by atoms with Gasteiger partial charge in [0, 0.05) is 21.9 Å². The van der Waals surface area contributed by atoms with Crippen LogP contribution in [0.1, 0.15) is 33.4 Å². The summed E-state index contributed by atoms with van der Waals surface area (Å²) in [6.45, 7) is 8.40. The highest BCUT2D eigenvalue weighted by molar-refractivity contribution is 6.23. The summed E-state index contributed by atoms with van der Waals surface area (Å²) < 4.78 is 9.12. The molecule has 0 bridgehead atoms. The molecule has 0 radical (unpaired) electrons. The molecule has 0 saturated heterocycles. The van der Waals surface area contributed by atoms with Crippen molar-refractivity contribution in [3.05, 3.63) is 130 Å². The van der Waals surface area contributed by atoms with Gasteiger partial charge in [0.2, 0.25) is 11.3 Å². The Hall–Kier alpha value is -5.76. The first kappa shape index (κ1) is 20.2. The highest BCUT2D eigenvalue weighted by Crippen LogP contribution is 2.51. The van der Waals surface area contributed by atoms with Gasteiger partial charge >= 0.3 is 5.91 Å². The van der Waals surface area contributed by atoms with Crippen LogP contribution in [0, 0.1) is 0 Å². The maximum Gasteiger partial charge on any atom is 0.402 e. The second-order valence-corrected chi connectivity index (χ2v) is 10.9. The number of fused-ring (bicyclic) bond motifs is 9. The minimum absolute atomic E-state index is 0.795. The minimum Gasteiger partial charge on any atom is -0.211 e. The molecule has 0 amide bonds. The van der Waals surface area contributed by atoms with Crippen molar-refractivity contribution in [2.75, 3.05) is 0 Å². The number of hydrogen-bond donors (Lipinski definition) is 0. The second-order valence-electron chi connectivity index (χ2n) is 10.9. The molecule has 5 aromatic rings. The fourth-order valence-corrected chi connectivity index (χ4v) is 7.65. The lowest BCUT2D eigenvalue weighted by atomic mass is 10.1. The molecule has 0 saturated carbocycles. The van der Waals surface area contributed by atoms with E-state index in [1.807, 2.05) is 12.2 Å². The molecule has 1 atom stereocenters. The molecule has 3 aromatic carbocycles. The lowest BCUT2D eigenvalue weighted by Crippen LogP contribution is -2.71. The molecule has 41 heavy (non-hydrogen) atoms. The first-order valence-corrected chi connectivity index (χ1v) is 13.6. The SMILES string of the molecule is C=Cc1c(C=C)c2n3c1N=C1c4ccccc4C4=[N+]1[C@@]31n3c(c5ccccc5c3=N2)=NC2=[N+]1C(=N4)c1ccccc12. The van der Waals surface area contributed by atoms with Crippen LogP contribution in [0.4, 0.5) is 11.6 Å². The Labute approximate surface area is 232 Å². The van der Waals surface area contributed by atoms with Gasteiger partial charge in [-0.3, -0.25) is 0 Å². The van der Waals surface area contributed by atoms with Gasteiger partial charge in [0.25, 0.3) is 23.3 Å². The zero-order chi connectivity index (χ0) is 26.8. The van der Waals surface area contributed by atoms with Crippen LogP contribution < -0.4 is 11.0 Å². The van der Waals surface area contributed by atoms with Crippen molar-refractivity contribution in [1.29, 1.82) is 0 Å². The third kappa shape index (κ3) is 1.84. The largest absolute Gasteiger partial charge is 0.402 e. The first-order valence-electron chi connectivity index (χ1n) is 13.6. The molecule has 8 heterocycles. The molecule has 0 aliphatic carbocycles.